The fraction of sp³-hybridized carbons (Fsp3) is 0.917. The molecule has 1 aliphatic rings. The molecule has 1 fully saturated rings. The molecule has 0 radical (unpaired) electrons. The zero-order chi connectivity index (χ0) is 13.9. The second-order valence-corrected chi connectivity index (χ2v) is 7.61. The lowest BCUT2D eigenvalue weighted by Crippen LogP contribution is -2.47. The van der Waals surface area contributed by atoms with Gasteiger partial charge in [-0.3, -0.25) is 9.69 Å². The first-order chi connectivity index (χ1) is 8.23. The van der Waals surface area contributed by atoms with Gasteiger partial charge >= 0.3 is 5.97 Å². The largest absolute Gasteiger partial charge is 0.481 e. The second kappa shape index (κ2) is 6.02. The summed E-state index contributed by atoms with van der Waals surface area (Å²) in [5.41, 5.74) is 0. The fourth-order valence-corrected chi connectivity index (χ4v) is 4.27. The van der Waals surface area contributed by atoms with E-state index < -0.39 is 15.8 Å². The van der Waals surface area contributed by atoms with Gasteiger partial charge in [0.15, 0.2) is 9.84 Å². The van der Waals surface area contributed by atoms with Crippen LogP contribution in [0.1, 0.15) is 39.5 Å². The van der Waals surface area contributed by atoms with Crippen molar-refractivity contribution in [3.63, 3.8) is 0 Å². The van der Waals surface area contributed by atoms with Crippen LogP contribution in [0.3, 0.4) is 0 Å². The molecule has 0 aromatic rings. The number of sulfone groups is 1. The highest BCUT2D eigenvalue weighted by Gasteiger charge is 2.39. The van der Waals surface area contributed by atoms with Gasteiger partial charge in [0.25, 0.3) is 0 Å². The third kappa shape index (κ3) is 3.95. The van der Waals surface area contributed by atoms with Crippen molar-refractivity contribution >= 4 is 15.8 Å². The van der Waals surface area contributed by atoms with Gasteiger partial charge in [0.1, 0.15) is 0 Å². The zero-order valence-electron chi connectivity index (χ0n) is 11.3. The Bertz CT molecular complexity index is 391. The topological polar surface area (TPSA) is 74.7 Å². The number of rotatable bonds is 6. The van der Waals surface area contributed by atoms with Gasteiger partial charge in [-0.15, -0.1) is 0 Å². The van der Waals surface area contributed by atoms with E-state index in [1.807, 2.05) is 18.7 Å². The van der Waals surface area contributed by atoms with Crippen molar-refractivity contribution in [2.24, 2.45) is 0 Å². The van der Waals surface area contributed by atoms with Crippen molar-refractivity contribution < 1.29 is 18.3 Å². The molecule has 0 aromatic heterocycles. The number of aliphatic carboxylic acids is 1. The highest BCUT2D eigenvalue weighted by atomic mass is 32.2. The van der Waals surface area contributed by atoms with Gasteiger partial charge in [-0.05, 0) is 26.7 Å². The molecular formula is C12H23NO4S. The number of carboxylic acid groups (broad SMARTS) is 1. The first-order valence-electron chi connectivity index (χ1n) is 6.40. The lowest BCUT2D eigenvalue weighted by atomic mass is 10.1. The maximum atomic E-state index is 11.8. The lowest BCUT2D eigenvalue weighted by molar-refractivity contribution is -0.137. The third-order valence-corrected chi connectivity index (χ3v) is 5.29. The fourth-order valence-electron chi connectivity index (χ4n) is 2.82. The van der Waals surface area contributed by atoms with Crippen LogP contribution in [0.25, 0.3) is 0 Å². The quantitative estimate of drug-likeness (QED) is 0.788. The molecule has 0 heterocycles. The minimum absolute atomic E-state index is 0.0284. The average Bonchev–Trinajstić information content (AvgIpc) is 2.65. The molecule has 106 valence electrons. The number of carbonyl (C=O) groups is 1. The average molecular weight is 277 g/mol. The number of carboxylic acids is 1. The summed E-state index contributed by atoms with van der Waals surface area (Å²) in [7, 11) is -3.06. The molecule has 0 aromatic carbocycles. The molecule has 5 nitrogen and oxygen atoms in total. The van der Waals surface area contributed by atoms with E-state index in [4.69, 9.17) is 5.11 Å². The summed E-state index contributed by atoms with van der Waals surface area (Å²) in [6.07, 6.45) is 3.78. The van der Waals surface area contributed by atoms with Gasteiger partial charge < -0.3 is 5.11 Å². The molecule has 0 aliphatic heterocycles. The predicted molar refractivity (Wildman–Crippen MR) is 70.4 cm³/mol. The molecule has 1 rings (SSSR count). The molecule has 0 spiro atoms. The van der Waals surface area contributed by atoms with Crippen LogP contribution in [0, 0.1) is 0 Å². The van der Waals surface area contributed by atoms with Crippen LogP contribution in [0.5, 0.6) is 0 Å². The van der Waals surface area contributed by atoms with Crippen LogP contribution in [-0.4, -0.2) is 54.5 Å². The summed E-state index contributed by atoms with van der Waals surface area (Å²) in [4.78, 5) is 12.7. The van der Waals surface area contributed by atoms with E-state index in [9.17, 15) is 13.2 Å². The summed E-state index contributed by atoms with van der Waals surface area (Å²) in [5.74, 6) is -0.838. The molecule has 1 N–H and O–H groups in total. The van der Waals surface area contributed by atoms with Crippen molar-refractivity contribution in [3.8, 4) is 0 Å². The maximum absolute atomic E-state index is 11.8. The summed E-state index contributed by atoms with van der Waals surface area (Å²) in [6.45, 7) is 4.39. The Kier molecular flexibility index (Phi) is 5.16. The monoisotopic (exact) mass is 277 g/mol. The van der Waals surface area contributed by atoms with E-state index in [1.54, 1.807) is 0 Å². The van der Waals surface area contributed by atoms with Crippen LogP contribution >= 0.6 is 0 Å². The summed E-state index contributed by atoms with van der Waals surface area (Å²) in [5, 5.41) is 8.43. The van der Waals surface area contributed by atoms with Crippen molar-refractivity contribution in [1.82, 2.24) is 4.90 Å². The predicted octanol–water partition coefficient (Wildman–Crippen LogP) is 1.14. The number of hydrogen-bond donors (Lipinski definition) is 1. The molecule has 1 saturated carbocycles. The smallest absolute Gasteiger partial charge is 0.304 e. The van der Waals surface area contributed by atoms with E-state index in [0.717, 1.165) is 12.8 Å². The Morgan fingerprint density at radius 1 is 1.39 bits per heavy atom. The summed E-state index contributed by atoms with van der Waals surface area (Å²) >= 11 is 0. The Morgan fingerprint density at radius 2 is 2.00 bits per heavy atom. The van der Waals surface area contributed by atoms with Crippen LogP contribution in [0.15, 0.2) is 0 Å². The summed E-state index contributed by atoms with van der Waals surface area (Å²) < 4.78 is 23.5. The van der Waals surface area contributed by atoms with E-state index >= 15 is 0 Å². The van der Waals surface area contributed by atoms with Crippen molar-refractivity contribution in [1.29, 1.82) is 0 Å². The van der Waals surface area contributed by atoms with Crippen LogP contribution in [0.4, 0.5) is 0 Å². The third-order valence-electron chi connectivity index (χ3n) is 3.64. The van der Waals surface area contributed by atoms with Crippen LogP contribution in [0.2, 0.25) is 0 Å². The van der Waals surface area contributed by atoms with Crippen molar-refractivity contribution in [3.05, 3.63) is 0 Å². The first kappa shape index (κ1) is 15.4. The van der Waals surface area contributed by atoms with Gasteiger partial charge in [-0.1, -0.05) is 6.42 Å². The Hall–Kier alpha value is -0.620. The Balaban J connectivity index is 2.81. The molecule has 18 heavy (non-hydrogen) atoms. The normalized spacial score (nSPS) is 24.9. The number of nitrogens with zero attached hydrogens (tertiary/aromatic N) is 1. The lowest BCUT2D eigenvalue weighted by Gasteiger charge is -2.35. The van der Waals surface area contributed by atoms with Crippen molar-refractivity contribution in [2.75, 3.05) is 12.8 Å². The standard InChI is InChI=1S/C12H23NO4S/c1-9(2)13(8-7-12(14)15)10-5-4-6-11(10)18(3,16)17/h9-11H,4-8H2,1-3H3,(H,14,15). The second-order valence-electron chi connectivity index (χ2n) is 5.34. The Labute approximate surface area is 109 Å². The van der Waals surface area contributed by atoms with Gasteiger partial charge in [-0.25, -0.2) is 8.42 Å². The van der Waals surface area contributed by atoms with E-state index in [0.29, 0.717) is 13.0 Å². The highest BCUT2D eigenvalue weighted by Crippen LogP contribution is 2.30. The molecule has 2 unspecified atom stereocenters. The van der Waals surface area contributed by atoms with Gasteiger partial charge in [0.05, 0.1) is 11.7 Å². The zero-order valence-corrected chi connectivity index (χ0v) is 12.1. The van der Waals surface area contributed by atoms with Gasteiger partial charge in [0.2, 0.25) is 0 Å². The SMILES string of the molecule is CC(C)N(CCC(=O)O)C1CCCC1S(C)(=O)=O. The molecule has 0 amide bonds. The van der Waals surface area contributed by atoms with Gasteiger partial charge in [0, 0.05) is 24.9 Å². The van der Waals surface area contributed by atoms with Crippen LogP contribution in [-0.2, 0) is 14.6 Å². The molecule has 6 heteroatoms. The van der Waals surface area contributed by atoms with E-state index in [-0.39, 0.29) is 23.8 Å². The minimum Gasteiger partial charge on any atom is -0.481 e. The first-order valence-corrected chi connectivity index (χ1v) is 8.35. The highest BCUT2D eigenvalue weighted by molar-refractivity contribution is 7.91. The molecule has 1 aliphatic carbocycles. The number of hydrogen-bond acceptors (Lipinski definition) is 4. The van der Waals surface area contributed by atoms with E-state index in [1.165, 1.54) is 6.26 Å². The summed E-state index contributed by atoms with van der Waals surface area (Å²) in [6, 6.07) is 0.135. The maximum Gasteiger partial charge on any atom is 0.304 e. The van der Waals surface area contributed by atoms with E-state index in [2.05, 4.69) is 0 Å². The molecular weight excluding hydrogens is 254 g/mol. The van der Waals surface area contributed by atoms with Gasteiger partial charge in [-0.2, -0.15) is 0 Å². The molecule has 0 saturated heterocycles. The van der Waals surface area contributed by atoms with Crippen LogP contribution < -0.4 is 0 Å². The minimum atomic E-state index is -3.06. The Morgan fingerprint density at radius 3 is 2.44 bits per heavy atom. The molecule has 2 atom stereocenters. The van der Waals surface area contributed by atoms with Crippen molar-refractivity contribution in [2.45, 2.75) is 56.9 Å². The molecule has 0 bridgehead atoms.